The van der Waals surface area contributed by atoms with E-state index >= 15 is 0 Å². The average Bonchev–Trinajstić information content (AvgIpc) is 3.36. The van der Waals surface area contributed by atoms with Crippen LogP contribution in [0.3, 0.4) is 0 Å². The molecular formula is C30H26BrN3O4S. The Bertz CT molecular complexity index is 1500. The van der Waals surface area contributed by atoms with Gasteiger partial charge in [-0.2, -0.15) is 4.99 Å². The maximum Gasteiger partial charge on any atom is 0.283 e. The molecule has 3 aromatic carbocycles. The number of amides is 1. The minimum atomic E-state index is -0.455. The first-order valence-corrected chi connectivity index (χ1v) is 14.1. The van der Waals surface area contributed by atoms with Crippen LogP contribution in [-0.2, 0) is 4.79 Å². The van der Waals surface area contributed by atoms with Crippen LogP contribution in [0.25, 0.3) is 11.8 Å². The van der Waals surface area contributed by atoms with Crippen molar-refractivity contribution in [2.24, 2.45) is 4.99 Å². The van der Waals surface area contributed by atoms with Crippen LogP contribution in [0.2, 0.25) is 0 Å². The maximum atomic E-state index is 12.9. The summed E-state index contributed by atoms with van der Waals surface area (Å²) < 4.78 is 18.3. The molecule has 198 valence electrons. The van der Waals surface area contributed by atoms with Crippen molar-refractivity contribution in [3.8, 4) is 17.2 Å². The minimum Gasteiger partial charge on any atom is -0.490 e. The summed E-state index contributed by atoms with van der Waals surface area (Å²) in [5.41, 5.74) is 3.80. The quantitative estimate of drug-likeness (QED) is 0.211. The van der Waals surface area contributed by atoms with Crippen molar-refractivity contribution >= 4 is 56.4 Å². The van der Waals surface area contributed by atoms with E-state index in [0.29, 0.717) is 46.5 Å². The van der Waals surface area contributed by atoms with Gasteiger partial charge in [0.25, 0.3) is 5.91 Å². The molecule has 1 amide bonds. The number of nitrogens with one attached hydrogen (secondary N) is 1. The van der Waals surface area contributed by atoms with Gasteiger partial charge in [0.2, 0.25) is 0 Å². The van der Waals surface area contributed by atoms with Crippen molar-refractivity contribution in [2.45, 2.75) is 13.8 Å². The molecule has 0 spiro atoms. The Hall–Kier alpha value is -3.82. The molecule has 0 aliphatic carbocycles. The predicted molar refractivity (Wildman–Crippen MR) is 159 cm³/mol. The van der Waals surface area contributed by atoms with Crippen LogP contribution in [0, 0.1) is 12.3 Å². The standard InChI is InChI=1S/C30H26BrN3O4S/c1-3-36-26-17-20(16-24(31)27(26)38-14-13-37-22-11-9-19(2)10-12-22)15-23-28(32)34-25(21-7-5-4-6-8-21)18-39-30(34)33-29(23)35/h4-12,15-18,32H,3,13-14H2,1-2H3/b23-15-,32-28?. The van der Waals surface area contributed by atoms with Gasteiger partial charge in [0.05, 0.1) is 22.3 Å². The van der Waals surface area contributed by atoms with Gasteiger partial charge in [0, 0.05) is 5.41 Å². The molecular weight excluding hydrogens is 578 g/mol. The lowest BCUT2D eigenvalue weighted by Gasteiger charge is -2.27. The Morgan fingerprint density at radius 2 is 1.77 bits per heavy atom. The fraction of sp³-hybridized carbons (Fsp3) is 0.167. The van der Waals surface area contributed by atoms with Gasteiger partial charge in [0.15, 0.2) is 16.7 Å². The summed E-state index contributed by atoms with van der Waals surface area (Å²) in [6, 6.07) is 21.2. The zero-order valence-electron chi connectivity index (χ0n) is 21.4. The van der Waals surface area contributed by atoms with E-state index in [0.717, 1.165) is 17.0 Å². The molecule has 0 aromatic heterocycles. The fourth-order valence-corrected chi connectivity index (χ4v) is 5.56. The molecule has 2 aliphatic rings. The Morgan fingerprint density at radius 3 is 2.51 bits per heavy atom. The third-order valence-corrected chi connectivity index (χ3v) is 7.36. The molecule has 0 atom stereocenters. The molecule has 3 aromatic rings. The number of thioether (sulfide) groups is 1. The van der Waals surface area contributed by atoms with E-state index in [2.05, 4.69) is 20.9 Å². The van der Waals surface area contributed by atoms with Gasteiger partial charge < -0.3 is 14.2 Å². The Morgan fingerprint density at radius 1 is 1.03 bits per heavy atom. The normalized spacial score (nSPS) is 15.7. The first-order chi connectivity index (χ1) is 18.9. The summed E-state index contributed by atoms with van der Waals surface area (Å²) in [6.07, 6.45) is 1.66. The van der Waals surface area contributed by atoms with E-state index in [1.165, 1.54) is 17.3 Å². The number of aliphatic imine (C=N–C) groups is 1. The number of aryl methyl sites for hydroxylation is 1. The van der Waals surface area contributed by atoms with Crippen LogP contribution >= 0.6 is 27.7 Å². The Balaban J connectivity index is 1.35. The van der Waals surface area contributed by atoms with Crippen LogP contribution in [0.4, 0.5) is 0 Å². The number of carbonyl (C=O) groups is 1. The number of benzene rings is 3. The Kier molecular flexibility index (Phi) is 8.18. The van der Waals surface area contributed by atoms with Crippen LogP contribution in [-0.4, -0.2) is 41.6 Å². The number of halogens is 1. The molecule has 2 aliphatic heterocycles. The first kappa shape index (κ1) is 26.8. The van der Waals surface area contributed by atoms with Crippen LogP contribution < -0.4 is 14.2 Å². The van der Waals surface area contributed by atoms with E-state index in [4.69, 9.17) is 19.6 Å². The van der Waals surface area contributed by atoms with Crippen LogP contribution in [0.5, 0.6) is 17.2 Å². The van der Waals surface area contributed by atoms with Gasteiger partial charge in [-0.15, -0.1) is 0 Å². The van der Waals surface area contributed by atoms with Gasteiger partial charge in [-0.05, 0) is 71.2 Å². The molecule has 7 nitrogen and oxygen atoms in total. The second-order valence-electron chi connectivity index (χ2n) is 8.70. The first-order valence-electron chi connectivity index (χ1n) is 12.4. The number of carbonyl (C=O) groups excluding carboxylic acids is 1. The molecule has 0 fully saturated rings. The maximum absolute atomic E-state index is 12.9. The summed E-state index contributed by atoms with van der Waals surface area (Å²) >= 11 is 4.93. The summed E-state index contributed by atoms with van der Waals surface area (Å²) in [4.78, 5) is 18.9. The zero-order valence-corrected chi connectivity index (χ0v) is 23.8. The van der Waals surface area contributed by atoms with Crippen molar-refractivity contribution in [1.29, 1.82) is 5.41 Å². The molecule has 0 saturated carbocycles. The predicted octanol–water partition coefficient (Wildman–Crippen LogP) is 6.92. The number of ether oxygens (including phenoxy) is 3. The summed E-state index contributed by atoms with van der Waals surface area (Å²) in [7, 11) is 0. The van der Waals surface area contributed by atoms with Crippen molar-refractivity contribution in [2.75, 3.05) is 19.8 Å². The largest absolute Gasteiger partial charge is 0.490 e. The molecule has 0 radical (unpaired) electrons. The van der Waals surface area contributed by atoms with Gasteiger partial charge >= 0.3 is 0 Å². The van der Waals surface area contributed by atoms with E-state index in [9.17, 15) is 4.79 Å². The summed E-state index contributed by atoms with van der Waals surface area (Å²) in [5.74, 6) is 1.47. The van der Waals surface area contributed by atoms with Crippen molar-refractivity contribution in [3.05, 3.63) is 98.9 Å². The smallest absolute Gasteiger partial charge is 0.283 e. The zero-order chi connectivity index (χ0) is 27.4. The lowest BCUT2D eigenvalue weighted by Crippen LogP contribution is -2.38. The number of amidine groups is 2. The molecule has 1 N–H and O–H groups in total. The minimum absolute atomic E-state index is 0.0766. The second-order valence-corrected chi connectivity index (χ2v) is 10.4. The molecule has 0 bridgehead atoms. The number of hydrogen-bond acceptors (Lipinski definition) is 6. The molecule has 2 heterocycles. The molecule has 9 heteroatoms. The number of rotatable bonds is 9. The van der Waals surface area contributed by atoms with Crippen LogP contribution in [0.1, 0.15) is 23.6 Å². The highest BCUT2D eigenvalue weighted by molar-refractivity contribution is 9.10. The van der Waals surface area contributed by atoms with E-state index in [-0.39, 0.29) is 11.4 Å². The average molecular weight is 605 g/mol. The van der Waals surface area contributed by atoms with Crippen molar-refractivity contribution < 1.29 is 19.0 Å². The van der Waals surface area contributed by atoms with Crippen LogP contribution in [0.15, 0.2) is 87.2 Å². The van der Waals surface area contributed by atoms with E-state index in [1.807, 2.05) is 79.9 Å². The molecule has 5 rings (SSSR count). The number of nitrogens with zero attached hydrogens (tertiary/aromatic N) is 2. The number of fused-ring (bicyclic) bond motifs is 1. The lowest BCUT2D eigenvalue weighted by atomic mass is 10.1. The highest BCUT2D eigenvalue weighted by Crippen LogP contribution is 2.40. The summed E-state index contributed by atoms with van der Waals surface area (Å²) in [6.45, 7) is 5.03. The van der Waals surface area contributed by atoms with Gasteiger partial charge in [-0.1, -0.05) is 59.8 Å². The topological polar surface area (TPSA) is 84.2 Å². The van der Waals surface area contributed by atoms with E-state index in [1.54, 1.807) is 17.0 Å². The summed E-state index contributed by atoms with van der Waals surface area (Å²) in [5, 5.41) is 11.3. The third-order valence-electron chi connectivity index (χ3n) is 5.95. The monoisotopic (exact) mass is 603 g/mol. The fourth-order valence-electron chi connectivity index (χ4n) is 4.09. The van der Waals surface area contributed by atoms with Crippen molar-refractivity contribution in [3.63, 3.8) is 0 Å². The highest BCUT2D eigenvalue weighted by Gasteiger charge is 2.36. The highest BCUT2D eigenvalue weighted by atomic mass is 79.9. The molecule has 39 heavy (non-hydrogen) atoms. The molecule has 0 unspecified atom stereocenters. The van der Waals surface area contributed by atoms with Gasteiger partial charge in [0.1, 0.15) is 24.8 Å². The molecule has 0 saturated heterocycles. The van der Waals surface area contributed by atoms with E-state index < -0.39 is 5.91 Å². The third kappa shape index (κ3) is 5.94. The second kappa shape index (κ2) is 11.9. The van der Waals surface area contributed by atoms with Gasteiger partial charge in [-0.25, -0.2) is 0 Å². The van der Waals surface area contributed by atoms with Gasteiger partial charge in [-0.3, -0.25) is 15.1 Å². The lowest BCUT2D eigenvalue weighted by molar-refractivity contribution is -0.114. The Labute approximate surface area is 239 Å². The van der Waals surface area contributed by atoms with Crippen molar-refractivity contribution in [1.82, 2.24) is 4.90 Å². The SMILES string of the molecule is CCOc1cc(/C=C2/C(=N)N3C(c4ccccc4)=CSC3=NC2=O)cc(Br)c1OCCOc1ccc(C)cc1. The number of hydrogen-bond donors (Lipinski definition) is 1.